The van der Waals surface area contributed by atoms with Gasteiger partial charge in [0, 0.05) is 15.8 Å². The molecule has 0 saturated heterocycles. The monoisotopic (exact) mass is 304 g/mol. The van der Waals surface area contributed by atoms with Crippen LogP contribution in [-0.2, 0) is 4.74 Å². The molecule has 1 heterocycles. The zero-order chi connectivity index (χ0) is 15.2. The van der Waals surface area contributed by atoms with Gasteiger partial charge in [-0.3, -0.25) is 15.6 Å². The lowest BCUT2D eigenvalue weighted by molar-refractivity contribution is 0.0527. The van der Waals surface area contributed by atoms with Gasteiger partial charge in [-0.15, -0.1) is 11.3 Å². The Morgan fingerprint density at radius 2 is 1.95 bits per heavy atom. The number of anilines is 1. The third-order valence-electron chi connectivity index (χ3n) is 2.80. The Morgan fingerprint density at radius 3 is 2.62 bits per heavy atom. The molecule has 0 aliphatic heterocycles. The summed E-state index contributed by atoms with van der Waals surface area (Å²) in [6.07, 6.45) is 0. The minimum absolute atomic E-state index is 0.269. The van der Waals surface area contributed by atoms with Crippen LogP contribution in [0.1, 0.15) is 32.5 Å². The first-order valence-electron chi connectivity index (χ1n) is 6.50. The maximum absolute atomic E-state index is 11.9. The summed E-state index contributed by atoms with van der Waals surface area (Å²) in [5.74, 6) is -0.665. The van der Waals surface area contributed by atoms with E-state index >= 15 is 0 Å². The molecule has 2 rings (SSSR count). The van der Waals surface area contributed by atoms with Crippen LogP contribution in [0.2, 0.25) is 0 Å². The lowest BCUT2D eigenvalue weighted by Gasteiger charge is -2.09. The smallest absolute Gasteiger partial charge is 0.341 e. The van der Waals surface area contributed by atoms with Crippen LogP contribution in [0.15, 0.2) is 35.7 Å². The predicted octanol–water partition coefficient (Wildman–Crippen LogP) is 2.99. The highest BCUT2D eigenvalue weighted by atomic mass is 32.1. The van der Waals surface area contributed by atoms with E-state index in [0.717, 1.165) is 4.88 Å². The lowest BCUT2D eigenvalue weighted by Crippen LogP contribution is -2.30. The van der Waals surface area contributed by atoms with Crippen LogP contribution in [0, 0.1) is 6.92 Å². The summed E-state index contributed by atoms with van der Waals surface area (Å²) in [5.41, 5.74) is 6.89. The number of thiophene rings is 1. The highest BCUT2D eigenvalue weighted by Gasteiger charge is 2.18. The van der Waals surface area contributed by atoms with E-state index < -0.39 is 5.97 Å². The molecule has 6 heteroatoms. The first-order valence-corrected chi connectivity index (χ1v) is 7.38. The SMILES string of the molecule is CCOC(=O)c1c(NNC(=O)c2ccccc2)csc1C. The van der Waals surface area contributed by atoms with Gasteiger partial charge >= 0.3 is 5.97 Å². The van der Waals surface area contributed by atoms with Crippen LogP contribution in [0.25, 0.3) is 0 Å². The summed E-state index contributed by atoms with van der Waals surface area (Å²) in [4.78, 5) is 24.7. The minimum Gasteiger partial charge on any atom is -0.462 e. The van der Waals surface area contributed by atoms with Gasteiger partial charge in [-0.05, 0) is 26.0 Å². The van der Waals surface area contributed by atoms with Crippen molar-refractivity contribution in [3.05, 3.63) is 51.7 Å². The third-order valence-corrected chi connectivity index (χ3v) is 3.71. The molecule has 0 unspecified atom stereocenters. The molecule has 0 saturated carbocycles. The molecule has 1 aromatic carbocycles. The molecule has 0 aliphatic carbocycles. The molecule has 1 amide bonds. The number of nitrogens with one attached hydrogen (secondary N) is 2. The van der Waals surface area contributed by atoms with Crippen molar-refractivity contribution in [2.75, 3.05) is 12.0 Å². The molecule has 5 nitrogen and oxygen atoms in total. The van der Waals surface area contributed by atoms with Crippen molar-refractivity contribution in [2.24, 2.45) is 0 Å². The molecule has 0 fully saturated rings. The Hall–Kier alpha value is -2.34. The van der Waals surface area contributed by atoms with E-state index in [0.29, 0.717) is 23.4 Å². The average Bonchev–Trinajstić information content (AvgIpc) is 2.87. The summed E-state index contributed by atoms with van der Waals surface area (Å²) in [6.45, 7) is 3.90. The molecule has 21 heavy (non-hydrogen) atoms. The van der Waals surface area contributed by atoms with E-state index in [1.54, 1.807) is 36.6 Å². The number of esters is 1. The second-order valence-electron chi connectivity index (χ2n) is 4.25. The van der Waals surface area contributed by atoms with Gasteiger partial charge in [-0.25, -0.2) is 4.79 Å². The molecule has 110 valence electrons. The van der Waals surface area contributed by atoms with Gasteiger partial charge in [0.05, 0.1) is 17.9 Å². The maximum Gasteiger partial charge on any atom is 0.341 e. The first-order chi connectivity index (χ1) is 10.1. The Morgan fingerprint density at radius 1 is 1.24 bits per heavy atom. The van der Waals surface area contributed by atoms with Gasteiger partial charge in [-0.1, -0.05) is 18.2 Å². The number of carbonyl (C=O) groups is 2. The van der Waals surface area contributed by atoms with Gasteiger partial charge in [0.25, 0.3) is 5.91 Å². The fourth-order valence-corrected chi connectivity index (χ4v) is 2.57. The fourth-order valence-electron chi connectivity index (χ4n) is 1.79. The van der Waals surface area contributed by atoms with Crippen molar-refractivity contribution in [1.82, 2.24) is 5.43 Å². The Labute approximate surface area is 126 Å². The number of hydrogen-bond acceptors (Lipinski definition) is 5. The van der Waals surface area contributed by atoms with Gasteiger partial charge in [0.1, 0.15) is 0 Å². The van der Waals surface area contributed by atoms with Gasteiger partial charge < -0.3 is 4.74 Å². The Bertz CT molecular complexity index is 638. The molecular weight excluding hydrogens is 288 g/mol. The highest BCUT2D eigenvalue weighted by Crippen LogP contribution is 2.26. The summed E-state index contributed by atoms with van der Waals surface area (Å²) < 4.78 is 5.01. The topological polar surface area (TPSA) is 67.4 Å². The van der Waals surface area contributed by atoms with Crippen molar-refractivity contribution in [3.63, 3.8) is 0 Å². The van der Waals surface area contributed by atoms with Crippen molar-refractivity contribution >= 4 is 28.9 Å². The Kier molecular flexibility index (Phi) is 4.94. The van der Waals surface area contributed by atoms with Crippen LogP contribution in [0.4, 0.5) is 5.69 Å². The number of carbonyl (C=O) groups excluding carboxylic acids is 2. The zero-order valence-corrected chi connectivity index (χ0v) is 12.6. The number of ether oxygens (including phenoxy) is 1. The lowest BCUT2D eigenvalue weighted by atomic mass is 10.2. The van der Waals surface area contributed by atoms with E-state index in [-0.39, 0.29) is 5.91 Å². The van der Waals surface area contributed by atoms with Crippen LogP contribution >= 0.6 is 11.3 Å². The molecule has 0 radical (unpaired) electrons. The van der Waals surface area contributed by atoms with Crippen LogP contribution in [0.5, 0.6) is 0 Å². The zero-order valence-electron chi connectivity index (χ0n) is 11.8. The normalized spacial score (nSPS) is 10.0. The number of hydrogen-bond donors (Lipinski definition) is 2. The van der Waals surface area contributed by atoms with Gasteiger partial charge in [-0.2, -0.15) is 0 Å². The summed E-state index contributed by atoms with van der Waals surface area (Å²) >= 11 is 1.42. The van der Waals surface area contributed by atoms with Gasteiger partial charge in [0.15, 0.2) is 0 Å². The molecule has 2 aromatic rings. The van der Waals surface area contributed by atoms with E-state index in [2.05, 4.69) is 10.9 Å². The fraction of sp³-hybridized carbons (Fsp3) is 0.200. The second-order valence-corrected chi connectivity index (χ2v) is 5.33. The molecule has 0 bridgehead atoms. The second kappa shape index (κ2) is 6.90. The van der Waals surface area contributed by atoms with Crippen LogP contribution in [0.3, 0.4) is 0 Å². The van der Waals surface area contributed by atoms with Crippen molar-refractivity contribution in [3.8, 4) is 0 Å². The van der Waals surface area contributed by atoms with E-state index in [1.165, 1.54) is 11.3 Å². The number of rotatable bonds is 5. The van der Waals surface area contributed by atoms with E-state index in [4.69, 9.17) is 4.74 Å². The summed E-state index contributed by atoms with van der Waals surface area (Å²) in [6, 6.07) is 8.83. The molecule has 1 aromatic heterocycles. The number of hydrazine groups is 1. The third kappa shape index (κ3) is 3.61. The van der Waals surface area contributed by atoms with E-state index in [1.807, 2.05) is 13.0 Å². The van der Waals surface area contributed by atoms with Crippen molar-refractivity contribution in [2.45, 2.75) is 13.8 Å². The molecule has 0 atom stereocenters. The number of aryl methyl sites for hydroxylation is 1. The summed E-state index contributed by atoms with van der Waals surface area (Å²) in [5, 5.41) is 1.77. The highest BCUT2D eigenvalue weighted by molar-refractivity contribution is 7.10. The Balaban J connectivity index is 2.07. The maximum atomic E-state index is 11.9. The van der Waals surface area contributed by atoms with E-state index in [9.17, 15) is 9.59 Å². The van der Waals surface area contributed by atoms with Crippen molar-refractivity contribution < 1.29 is 14.3 Å². The largest absolute Gasteiger partial charge is 0.462 e. The van der Waals surface area contributed by atoms with Crippen LogP contribution in [-0.4, -0.2) is 18.5 Å². The standard InChI is InChI=1S/C15H16N2O3S/c1-3-20-15(19)13-10(2)21-9-12(13)16-17-14(18)11-7-5-4-6-8-11/h4-9,16H,3H2,1-2H3,(H,17,18). The quantitative estimate of drug-likeness (QED) is 0.658. The summed E-state index contributed by atoms with van der Waals surface area (Å²) in [7, 11) is 0. The number of benzene rings is 1. The minimum atomic E-state index is -0.396. The average molecular weight is 304 g/mol. The van der Waals surface area contributed by atoms with Gasteiger partial charge in [0.2, 0.25) is 0 Å². The molecule has 2 N–H and O–H groups in total. The molecular formula is C15H16N2O3S. The first kappa shape index (κ1) is 15.1. The van der Waals surface area contributed by atoms with Crippen LogP contribution < -0.4 is 10.9 Å². The van der Waals surface area contributed by atoms with Crippen molar-refractivity contribution in [1.29, 1.82) is 0 Å². The predicted molar refractivity (Wildman–Crippen MR) is 82.5 cm³/mol. The molecule has 0 aliphatic rings. The molecule has 0 spiro atoms. The number of amides is 1.